The van der Waals surface area contributed by atoms with Crippen LogP contribution in [0.5, 0.6) is 0 Å². The minimum absolute atomic E-state index is 0.119. The summed E-state index contributed by atoms with van der Waals surface area (Å²) in [7, 11) is 0. The summed E-state index contributed by atoms with van der Waals surface area (Å²) in [4.78, 5) is 27.8. The van der Waals surface area contributed by atoms with Crippen LogP contribution in [-0.2, 0) is 4.79 Å². The Labute approximate surface area is 100 Å². The van der Waals surface area contributed by atoms with Crippen LogP contribution in [0.4, 0.5) is 5.69 Å². The molecule has 1 aromatic heterocycles. The van der Waals surface area contributed by atoms with Crippen molar-refractivity contribution in [2.45, 2.75) is 0 Å². The number of H-pyrrole nitrogens is 2. The number of isocyanates is 1. The molecule has 0 saturated carbocycles. The molecule has 0 aliphatic carbocycles. The number of aromatic nitrogens is 3. The van der Waals surface area contributed by atoms with Gasteiger partial charge in [-0.1, -0.05) is 18.2 Å². The first-order valence-electron chi connectivity index (χ1n) is 4.58. The minimum atomic E-state index is -0.442. The van der Waals surface area contributed by atoms with Gasteiger partial charge in [0.15, 0.2) is 10.5 Å². The Morgan fingerprint density at radius 2 is 2.12 bits per heavy atom. The Morgan fingerprint density at radius 1 is 1.35 bits per heavy atom. The van der Waals surface area contributed by atoms with Gasteiger partial charge in [-0.2, -0.15) is 10.1 Å². The van der Waals surface area contributed by atoms with E-state index in [1.54, 1.807) is 24.3 Å². The predicted molar refractivity (Wildman–Crippen MR) is 63.3 cm³/mol. The zero-order chi connectivity index (χ0) is 12.3. The number of nitrogens with one attached hydrogen (secondary N) is 2. The molecule has 2 aromatic rings. The van der Waals surface area contributed by atoms with Crippen LogP contribution in [0.2, 0.25) is 0 Å². The van der Waals surface area contributed by atoms with Crippen molar-refractivity contribution in [2.75, 3.05) is 0 Å². The number of carbonyl (C=O) groups excluding carboxylic acids is 1. The van der Waals surface area contributed by atoms with E-state index >= 15 is 0 Å². The summed E-state index contributed by atoms with van der Waals surface area (Å²) < 4.78 is 0.134. The van der Waals surface area contributed by atoms with E-state index in [4.69, 9.17) is 12.2 Å². The van der Waals surface area contributed by atoms with Crippen LogP contribution in [-0.4, -0.2) is 21.3 Å². The summed E-state index contributed by atoms with van der Waals surface area (Å²) in [6.07, 6.45) is 1.43. The molecule has 0 aliphatic heterocycles. The maximum Gasteiger partial charge on any atom is 0.278 e. The van der Waals surface area contributed by atoms with Gasteiger partial charge in [0.1, 0.15) is 0 Å². The molecule has 2 rings (SSSR count). The monoisotopic (exact) mass is 246 g/mol. The van der Waals surface area contributed by atoms with E-state index in [9.17, 15) is 9.59 Å². The third-order valence-electron chi connectivity index (χ3n) is 2.04. The number of nitrogens with zero attached hydrogens (tertiary/aromatic N) is 2. The summed E-state index contributed by atoms with van der Waals surface area (Å²) >= 11 is 4.73. The minimum Gasteiger partial charge on any atom is -0.296 e. The molecule has 7 heteroatoms. The molecule has 6 nitrogen and oxygen atoms in total. The topological polar surface area (TPSA) is 91.0 Å². The van der Waals surface area contributed by atoms with Gasteiger partial charge in [-0.3, -0.25) is 14.9 Å². The lowest BCUT2D eigenvalue weighted by Crippen LogP contribution is -2.12. The van der Waals surface area contributed by atoms with E-state index in [2.05, 4.69) is 20.2 Å². The standard InChI is InChI=1S/C10H6N4O2S/c15-5-11-7-4-2-1-3-6(7)8-9(16)12-10(17)14-13-8/h1-4H,(H2,12,14,16,17). The van der Waals surface area contributed by atoms with Gasteiger partial charge in [0.25, 0.3) is 5.56 Å². The number of benzene rings is 1. The number of para-hydroxylation sites is 1. The normalized spacial score (nSPS) is 9.65. The Kier molecular flexibility index (Phi) is 3.04. The molecule has 1 heterocycles. The zero-order valence-electron chi connectivity index (χ0n) is 8.43. The Morgan fingerprint density at radius 3 is 2.82 bits per heavy atom. The van der Waals surface area contributed by atoms with Crippen LogP contribution in [0, 0.1) is 4.77 Å². The van der Waals surface area contributed by atoms with Crippen molar-refractivity contribution in [3.63, 3.8) is 0 Å². The summed E-state index contributed by atoms with van der Waals surface area (Å²) in [6.45, 7) is 0. The van der Waals surface area contributed by atoms with Gasteiger partial charge in [0.05, 0.1) is 5.69 Å². The first-order valence-corrected chi connectivity index (χ1v) is 4.99. The van der Waals surface area contributed by atoms with Gasteiger partial charge >= 0.3 is 0 Å². The highest BCUT2D eigenvalue weighted by Gasteiger charge is 2.09. The van der Waals surface area contributed by atoms with Crippen LogP contribution in [0.15, 0.2) is 34.1 Å². The molecule has 84 valence electrons. The average Bonchev–Trinajstić information content (AvgIpc) is 2.31. The van der Waals surface area contributed by atoms with Crippen molar-refractivity contribution in [1.29, 1.82) is 0 Å². The van der Waals surface area contributed by atoms with E-state index < -0.39 is 5.56 Å². The highest BCUT2D eigenvalue weighted by atomic mass is 32.1. The lowest BCUT2D eigenvalue weighted by atomic mass is 10.1. The quantitative estimate of drug-likeness (QED) is 0.476. The average molecular weight is 246 g/mol. The summed E-state index contributed by atoms with van der Waals surface area (Å²) in [5.41, 5.74) is 0.435. The zero-order valence-corrected chi connectivity index (χ0v) is 9.25. The van der Waals surface area contributed by atoms with E-state index in [1.165, 1.54) is 6.08 Å². The first-order chi connectivity index (χ1) is 8.22. The van der Waals surface area contributed by atoms with Crippen molar-refractivity contribution in [3.05, 3.63) is 39.4 Å². The number of rotatable bonds is 2. The van der Waals surface area contributed by atoms with Crippen molar-refractivity contribution >= 4 is 24.0 Å². The van der Waals surface area contributed by atoms with Gasteiger partial charge in [0.2, 0.25) is 6.08 Å². The van der Waals surface area contributed by atoms with Crippen LogP contribution >= 0.6 is 12.2 Å². The fourth-order valence-electron chi connectivity index (χ4n) is 1.35. The van der Waals surface area contributed by atoms with Gasteiger partial charge in [-0.15, -0.1) is 0 Å². The van der Waals surface area contributed by atoms with Crippen molar-refractivity contribution in [3.8, 4) is 11.3 Å². The third-order valence-corrected chi connectivity index (χ3v) is 2.23. The van der Waals surface area contributed by atoms with Crippen molar-refractivity contribution in [1.82, 2.24) is 15.2 Å². The molecule has 2 N–H and O–H groups in total. The Hall–Kier alpha value is -2.37. The molecule has 0 amide bonds. The fraction of sp³-hybridized carbons (Fsp3) is 0. The molecule has 1 aromatic carbocycles. The number of hydrogen-bond donors (Lipinski definition) is 2. The lowest BCUT2D eigenvalue weighted by Gasteiger charge is -2.01. The predicted octanol–water partition coefficient (Wildman–Crippen LogP) is 1.46. The van der Waals surface area contributed by atoms with E-state index in [-0.39, 0.29) is 10.5 Å². The van der Waals surface area contributed by atoms with Gasteiger partial charge < -0.3 is 0 Å². The van der Waals surface area contributed by atoms with Crippen molar-refractivity contribution < 1.29 is 4.79 Å². The second-order valence-corrected chi connectivity index (χ2v) is 3.48. The fourth-order valence-corrected chi connectivity index (χ4v) is 1.49. The largest absolute Gasteiger partial charge is 0.296 e. The summed E-state index contributed by atoms with van der Waals surface area (Å²) in [6, 6.07) is 6.62. The molecule has 0 radical (unpaired) electrons. The Balaban J connectivity index is 2.72. The van der Waals surface area contributed by atoms with Gasteiger partial charge in [0, 0.05) is 5.56 Å². The van der Waals surface area contributed by atoms with E-state index in [0.29, 0.717) is 11.3 Å². The molecule has 0 bridgehead atoms. The van der Waals surface area contributed by atoms with Crippen LogP contribution in [0.1, 0.15) is 0 Å². The number of hydrogen-bond acceptors (Lipinski definition) is 5. The number of aliphatic imine (C=N–C) groups is 1. The van der Waals surface area contributed by atoms with Crippen LogP contribution in [0.25, 0.3) is 11.3 Å². The lowest BCUT2D eigenvalue weighted by molar-refractivity contribution is 0.565. The van der Waals surface area contributed by atoms with Gasteiger partial charge in [-0.25, -0.2) is 4.79 Å². The molecule has 0 atom stereocenters. The first kappa shape index (κ1) is 11.1. The summed E-state index contributed by atoms with van der Waals surface area (Å²) in [5.74, 6) is 0. The maximum atomic E-state index is 11.7. The molecule has 0 unspecified atom stereocenters. The maximum absolute atomic E-state index is 11.7. The second-order valence-electron chi connectivity index (χ2n) is 3.08. The molecular weight excluding hydrogens is 240 g/mol. The molecular formula is C10H6N4O2S. The molecule has 17 heavy (non-hydrogen) atoms. The SMILES string of the molecule is O=C=Nc1ccccc1-c1n[nH]c(=S)[nH]c1=O. The second kappa shape index (κ2) is 4.65. The summed E-state index contributed by atoms with van der Waals surface area (Å²) in [5, 5.41) is 6.31. The van der Waals surface area contributed by atoms with Crippen molar-refractivity contribution in [2.24, 2.45) is 4.99 Å². The molecule has 0 aliphatic rings. The molecule has 0 saturated heterocycles. The number of aromatic amines is 2. The van der Waals surface area contributed by atoms with Gasteiger partial charge in [-0.05, 0) is 18.3 Å². The van der Waals surface area contributed by atoms with E-state index in [0.717, 1.165) is 0 Å². The Bertz CT molecular complexity index is 712. The highest BCUT2D eigenvalue weighted by molar-refractivity contribution is 7.71. The highest BCUT2D eigenvalue weighted by Crippen LogP contribution is 2.25. The molecule has 0 spiro atoms. The van der Waals surface area contributed by atoms with E-state index in [1.807, 2.05) is 0 Å². The third kappa shape index (κ3) is 2.25. The van der Waals surface area contributed by atoms with Crippen LogP contribution < -0.4 is 5.56 Å². The smallest absolute Gasteiger partial charge is 0.278 e. The van der Waals surface area contributed by atoms with Crippen LogP contribution in [0.3, 0.4) is 0 Å². The molecule has 0 fully saturated rings.